The molecule has 1 aliphatic heterocycles. The second kappa shape index (κ2) is 7.06. The molecule has 19 heavy (non-hydrogen) atoms. The molecule has 1 saturated heterocycles. The molecule has 2 nitrogen and oxygen atoms in total. The second-order valence-corrected chi connectivity index (χ2v) is 6.33. The molecule has 1 heterocycles. The lowest BCUT2D eigenvalue weighted by molar-refractivity contribution is 0.227. The average molecular weight is 260 g/mol. The first-order valence-electron chi connectivity index (χ1n) is 7.67. The molecule has 1 N–H and O–H groups in total. The van der Waals surface area contributed by atoms with E-state index in [1.165, 1.54) is 44.5 Å². The van der Waals surface area contributed by atoms with Crippen LogP contribution in [-0.2, 0) is 5.41 Å². The molecule has 2 heteroatoms. The Hall–Kier alpha value is -0.860. The lowest BCUT2D eigenvalue weighted by Gasteiger charge is -2.29. The van der Waals surface area contributed by atoms with Crippen LogP contribution in [0.5, 0.6) is 0 Å². The zero-order valence-corrected chi connectivity index (χ0v) is 12.5. The molecule has 0 atom stereocenters. The van der Waals surface area contributed by atoms with Crippen LogP contribution in [-0.4, -0.2) is 37.6 Å². The Labute approximate surface area is 118 Å². The van der Waals surface area contributed by atoms with E-state index in [1.807, 2.05) is 0 Å². The highest BCUT2D eigenvalue weighted by Crippen LogP contribution is 2.21. The fourth-order valence-corrected chi connectivity index (χ4v) is 2.81. The molecule has 1 fully saturated rings. The summed E-state index contributed by atoms with van der Waals surface area (Å²) < 4.78 is 0. The minimum Gasteiger partial charge on any atom is -0.315 e. The minimum absolute atomic E-state index is 0.211. The van der Waals surface area contributed by atoms with E-state index < -0.39 is 0 Å². The maximum Gasteiger partial charge on any atom is 0.0107 e. The molecule has 0 aromatic heterocycles. The van der Waals surface area contributed by atoms with Gasteiger partial charge in [-0.05, 0) is 31.5 Å². The van der Waals surface area contributed by atoms with E-state index in [0.717, 1.165) is 13.1 Å². The fourth-order valence-electron chi connectivity index (χ4n) is 2.81. The van der Waals surface area contributed by atoms with Crippen LogP contribution in [0.4, 0.5) is 0 Å². The van der Waals surface area contributed by atoms with E-state index in [1.54, 1.807) is 0 Å². The summed E-state index contributed by atoms with van der Waals surface area (Å²) >= 11 is 0. The normalized spacial score (nSPS) is 17.6. The van der Waals surface area contributed by atoms with Gasteiger partial charge < -0.3 is 10.2 Å². The highest BCUT2D eigenvalue weighted by Gasteiger charge is 2.19. The lowest BCUT2D eigenvalue weighted by Crippen LogP contribution is -2.39. The number of nitrogens with one attached hydrogen (secondary N) is 1. The second-order valence-electron chi connectivity index (χ2n) is 6.33. The smallest absolute Gasteiger partial charge is 0.0107 e. The number of hydrogen-bond acceptors (Lipinski definition) is 2. The molecule has 0 saturated carbocycles. The van der Waals surface area contributed by atoms with Crippen molar-refractivity contribution in [2.45, 2.75) is 38.5 Å². The molecule has 0 spiro atoms. The van der Waals surface area contributed by atoms with Gasteiger partial charge in [0.25, 0.3) is 0 Å². The zero-order valence-electron chi connectivity index (χ0n) is 12.5. The van der Waals surface area contributed by atoms with Crippen LogP contribution in [0, 0.1) is 0 Å². The Bertz CT molecular complexity index is 353. The molecular formula is C17H28N2. The summed E-state index contributed by atoms with van der Waals surface area (Å²) in [5.41, 5.74) is 1.63. The van der Waals surface area contributed by atoms with Crippen LogP contribution >= 0.6 is 0 Å². The van der Waals surface area contributed by atoms with Gasteiger partial charge in [0.2, 0.25) is 0 Å². The topological polar surface area (TPSA) is 15.3 Å². The molecule has 1 aromatic carbocycles. The molecular weight excluding hydrogens is 232 g/mol. The van der Waals surface area contributed by atoms with E-state index in [-0.39, 0.29) is 5.41 Å². The van der Waals surface area contributed by atoms with Crippen molar-refractivity contribution in [1.29, 1.82) is 0 Å². The van der Waals surface area contributed by atoms with E-state index in [2.05, 4.69) is 54.4 Å². The van der Waals surface area contributed by atoms with Crippen LogP contribution in [0.3, 0.4) is 0 Å². The van der Waals surface area contributed by atoms with Gasteiger partial charge in [0, 0.05) is 25.0 Å². The molecule has 2 rings (SSSR count). The van der Waals surface area contributed by atoms with Gasteiger partial charge in [-0.1, -0.05) is 50.6 Å². The first-order valence-corrected chi connectivity index (χ1v) is 7.67. The molecule has 0 radical (unpaired) electrons. The minimum atomic E-state index is 0.211. The van der Waals surface area contributed by atoms with Crippen LogP contribution in [0.15, 0.2) is 30.3 Å². The van der Waals surface area contributed by atoms with Crippen LogP contribution in [0.25, 0.3) is 0 Å². The van der Waals surface area contributed by atoms with Crippen LogP contribution < -0.4 is 5.32 Å². The standard InChI is InChI=1S/C17H28N2/c1-17(2,16-9-5-3-6-10-16)15-18-11-14-19-12-7-4-8-13-19/h3,5-6,9-10,18H,4,7-8,11-15H2,1-2H3. The Morgan fingerprint density at radius 1 is 1.05 bits per heavy atom. The quantitative estimate of drug-likeness (QED) is 0.791. The van der Waals surface area contributed by atoms with Crippen molar-refractivity contribution in [2.75, 3.05) is 32.7 Å². The summed E-state index contributed by atoms with van der Waals surface area (Å²) in [5.74, 6) is 0. The summed E-state index contributed by atoms with van der Waals surface area (Å²) in [5, 5.41) is 3.63. The van der Waals surface area contributed by atoms with Gasteiger partial charge in [-0.15, -0.1) is 0 Å². The molecule has 106 valence electrons. The maximum atomic E-state index is 3.63. The molecule has 0 unspecified atom stereocenters. The van der Waals surface area contributed by atoms with Gasteiger partial charge in [-0.25, -0.2) is 0 Å². The molecule has 1 aliphatic rings. The summed E-state index contributed by atoms with van der Waals surface area (Å²) in [6.45, 7) is 10.6. The molecule has 0 aliphatic carbocycles. The number of likely N-dealkylation sites (tertiary alicyclic amines) is 1. The van der Waals surface area contributed by atoms with Crippen molar-refractivity contribution in [3.63, 3.8) is 0 Å². The Morgan fingerprint density at radius 3 is 2.42 bits per heavy atom. The monoisotopic (exact) mass is 260 g/mol. The molecule has 0 bridgehead atoms. The Kier molecular flexibility index (Phi) is 5.41. The van der Waals surface area contributed by atoms with Crippen molar-refractivity contribution in [1.82, 2.24) is 10.2 Å². The largest absolute Gasteiger partial charge is 0.315 e. The fraction of sp³-hybridized carbons (Fsp3) is 0.647. The van der Waals surface area contributed by atoms with Crippen LogP contribution in [0.2, 0.25) is 0 Å². The summed E-state index contributed by atoms with van der Waals surface area (Å²) in [4.78, 5) is 2.59. The van der Waals surface area contributed by atoms with Gasteiger partial charge in [0.1, 0.15) is 0 Å². The van der Waals surface area contributed by atoms with Crippen molar-refractivity contribution in [3.8, 4) is 0 Å². The molecule has 1 aromatic rings. The number of hydrogen-bond donors (Lipinski definition) is 1. The first kappa shape index (κ1) is 14.5. The first-order chi connectivity index (χ1) is 9.18. The lowest BCUT2D eigenvalue weighted by atomic mass is 9.85. The summed E-state index contributed by atoms with van der Waals surface area (Å²) in [6.07, 6.45) is 4.19. The predicted octanol–water partition coefficient (Wildman–Crippen LogP) is 3.04. The van der Waals surface area contributed by atoms with Gasteiger partial charge >= 0.3 is 0 Å². The van der Waals surface area contributed by atoms with E-state index >= 15 is 0 Å². The van der Waals surface area contributed by atoms with Crippen molar-refractivity contribution in [3.05, 3.63) is 35.9 Å². The SMILES string of the molecule is CC(C)(CNCCN1CCCCC1)c1ccccc1. The van der Waals surface area contributed by atoms with E-state index in [9.17, 15) is 0 Å². The predicted molar refractivity (Wildman–Crippen MR) is 82.6 cm³/mol. The number of nitrogens with zero attached hydrogens (tertiary/aromatic N) is 1. The zero-order chi connectivity index (χ0) is 13.6. The summed E-state index contributed by atoms with van der Waals surface area (Å²) in [7, 11) is 0. The Morgan fingerprint density at radius 2 is 1.74 bits per heavy atom. The highest BCUT2D eigenvalue weighted by molar-refractivity contribution is 5.23. The highest BCUT2D eigenvalue weighted by atomic mass is 15.1. The summed E-state index contributed by atoms with van der Waals surface area (Å²) in [6, 6.07) is 10.8. The van der Waals surface area contributed by atoms with Crippen molar-refractivity contribution >= 4 is 0 Å². The van der Waals surface area contributed by atoms with Gasteiger partial charge in [-0.2, -0.15) is 0 Å². The Balaban J connectivity index is 1.69. The van der Waals surface area contributed by atoms with Gasteiger partial charge in [0.15, 0.2) is 0 Å². The van der Waals surface area contributed by atoms with Gasteiger partial charge in [-0.3, -0.25) is 0 Å². The van der Waals surface area contributed by atoms with Crippen molar-refractivity contribution in [2.24, 2.45) is 0 Å². The van der Waals surface area contributed by atoms with Crippen LogP contribution in [0.1, 0.15) is 38.7 Å². The number of benzene rings is 1. The van der Waals surface area contributed by atoms with Gasteiger partial charge in [0.05, 0.1) is 0 Å². The third-order valence-electron chi connectivity index (χ3n) is 4.18. The van der Waals surface area contributed by atoms with Crippen molar-refractivity contribution < 1.29 is 0 Å². The number of piperidine rings is 1. The maximum absolute atomic E-state index is 3.63. The van der Waals surface area contributed by atoms with E-state index in [4.69, 9.17) is 0 Å². The number of rotatable bonds is 6. The average Bonchev–Trinajstić information content (AvgIpc) is 2.46. The molecule has 0 amide bonds. The van der Waals surface area contributed by atoms with E-state index in [0.29, 0.717) is 0 Å². The third kappa shape index (κ3) is 4.63. The third-order valence-corrected chi connectivity index (χ3v) is 4.18.